The predicted molar refractivity (Wildman–Crippen MR) is 74.0 cm³/mol. The minimum absolute atomic E-state index is 0.150. The number of rotatable bonds is 6. The molecule has 0 aliphatic carbocycles. The van der Waals surface area contributed by atoms with Crippen LogP contribution in [0, 0.1) is 0 Å². The molecule has 94 valence electrons. The third-order valence-electron chi connectivity index (χ3n) is 2.89. The smallest absolute Gasteiger partial charge is 0.165 e. The van der Waals surface area contributed by atoms with Crippen LogP contribution in [0.2, 0.25) is 0 Å². The van der Waals surface area contributed by atoms with Crippen LogP contribution in [0.3, 0.4) is 0 Å². The number of hydrogen-bond donors (Lipinski definition) is 0. The second-order valence-corrected chi connectivity index (χ2v) is 4.35. The van der Waals surface area contributed by atoms with Crippen LogP contribution in [-0.4, -0.2) is 19.0 Å². The lowest BCUT2D eigenvalue weighted by atomic mass is 10.0. The van der Waals surface area contributed by atoms with Gasteiger partial charge in [0.2, 0.25) is 0 Å². The molecule has 0 bridgehead atoms. The Hall–Kier alpha value is -1.67. The highest BCUT2D eigenvalue weighted by Crippen LogP contribution is 2.16. The second-order valence-electron chi connectivity index (χ2n) is 4.35. The summed E-state index contributed by atoms with van der Waals surface area (Å²) in [6.45, 7) is 3.30. The van der Waals surface area contributed by atoms with Gasteiger partial charge in [-0.1, -0.05) is 43.3 Å². The molecule has 0 aliphatic rings. The molecule has 0 fully saturated rings. The molecule has 2 rings (SSSR count). The zero-order valence-corrected chi connectivity index (χ0v) is 10.7. The monoisotopic (exact) mass is 242 g/mol. The Morgan fingerprint density at radius 2 is 1.83 bits per heavy atom. The van der Waals surface area contributed by atoms with Gasteiger partial charge in [-0.3, -0.25) is 4.79 Å². The number of ether oxygens (including phenoxy) is 1. The highest BCUT2D eigenvalue weighted by Gasteiger charge is 2.06. The molecular formula is C16H18O2. The first-order valence-corrected chi connectivity index (χ1v) is 6.41. The zero-order chi connectivity index (χ0) is 12.8. The fourth-order valence-electron chi connectivity index (χ4n) is 1.92. The lowest BCUT2D eigenvalue weighted by Gasteiger charge is -2.04. The van der Waals surface area contributed by atoms with E-state index in [1.165, 1.54) is 0 Å². The molecule has 2 aromatic carbocycles. The molecule has 0 aromatic heterocycles. The van der Waals surface area contributed by atoms with E-state index in [-0.39, 0.29) is 5.78 Å². The lowest BCUT2D eigenvalue weighted by Crippen LogP contribution is -2.05. The van der Waals surface area contributed by atoms with E-state index in [1.807, 2.05) is 42.5 Å². The van der Waals surface area contributed by atoms with Gasteiger partial charge in [-0.05, 0) is 23.3 Å². The minimum atomic E-state index is 0.150. The Balaban J connectivity index is 2.04. The van der Waals surface area contributed by atoms with Crippen molar-refractivity contribution in [1.29, 1.82) is 0 Å². The minimum Gasteiger partial charge on any atom is -0.381 e. The fourth-order valence-corrected chi connectivity index (χ4v) is 1.92. The van der Waals surface area contributed by atoms with Gasteiger partial charge in [0.15, 0.2) is 5.78 Å². The molecule has 0 atom stereocenters. The van der Waals surface area contributed by atoms with Crippen molar-refractivity contribution in [2.75, 3.05) is 13.2 Å². The first-order valence-electron chi connectivity index (χ1n) is 6.41. The van der Waals surface area contributed by atoms with Gasteiger partial charge in [-0.2, -0.15) is 0 Å². The van der Waals surface area contributed by atoms with Crippen molar-refractivity contribution < 1.29 is 9.53 Å². The Morgan fingerprint density at radius 3 is 2.61 bits per heavy atom. The number of ketones is 1. The van der Waals surface area contributed by atoms with Crippen molar-refractivity contribution in [3.63, 3.8) is 0 Å². The quantitative estimate of drug-likeness (QED) is 0.568. The number of fused-ring (bicyclic) bond motifs is 1. The van der Waals surface area contributed by atoms with Crippen molar-refractivity contribution in [3.05, 3.63) is 48.0 Å². The fraction of sp³-hybridized carbons (Fsp3) is 0.312. The third kappa shape index (κ3) is 3.17. The number of Topliss-reactive ketones (excluding diaryl/α,β-unsaturated/α-hetero) is 1. The van der Waals surface area contributed by atoms with E-state index in [9.17, 15) is 4.79 Å². The number of hydrogen-bond acceptors (Lipinski definition) is 2. The Labute approximate surface area is 108 Å². The summed E-state index contributed by atoms with van der Waals surface area (Å²) < 4.78 is 5.34. The topological polar surface area (TPSA) is 26.3 Å². The first-order chi connectivity index (χ1) is 8.81. The molecule has 0 amide bonds. The highest BCUT2D eigenvalue weighted by atomic mass is 16.5. The molecule has 18 heavy (non-hydrogen) atoms. The van der Waals surface area contributed by atoms with Crippen molar-refractivity contribution in [1.82, 2.24) is 0 Å². The molecule has 2 aromatic rings. The van der Waals surface area contributed by atoms with Gasteiger partial charge >= 0.3 is 0 Å². The molecule has 0 N–H and O–H groups in total. The van der Waals surface area contributed by atoms with E-state index in [2.05, 4.69) is 6.92 Å². The van der Waals surface area contributed by atoms with Gasteiger partial charge in [-0.15, -0.1) is 0 Å². The normalized spacial score (nSPS) is 10.7. The Bertz CT molecular complexity index is 531. The zero-order valence-electron chi connectivity index (χ0n) is 10.7. The predicted octanol–water partition coefficient (Wildman–Crippen LogP) is 3.84. The van der Waals surface area contributed by atoms with Crippen LogP contribution in [0.4, 0.5) is 0 Å². The van der Waals surface area contributed by atoms with Gasteiger partial charge in [0.25, 0.3) is 0 Å². The van der Waals surface area contributed by atoms with Crippen LogP contribution >= 0.6 is 0 Å². The van der Waals surface area contributed by atoms with Crippen LogP contribution < -0.4 is 0 Å². The van der Waals surface area contributed by atoms with Crippen molar-refractivity contribution in [2.45, 2.75) is 19.8 Å². The van der Waals surface area contributed by atoms with Crippen LogP contribution in [0.5, 0.6) is 0 Å². The maximum atomic E-state index is 12.0. The van der Waals surface area contributed by atoms with Gasteiger partial charge in [-0.25, -0.2) is 0 Å². The summed E-state index contributed by atoms with van der Waals surface area (Å²) in [6.07, 6.45) is 1.45. The Morgan fingerprint density at radius 1 is 1.06 bits per heavy atom. The first kappa shape index (κ1) is 12.8. The molecule has 0 radical (unpaired) electrons. The van der Waals surface area contributed by atoms with Crippen LogP contribution in [-0.2, 0) is 4.74 Å². The lowest BCUT2D eigenvalue weighted by molar-refractivity contribution is 0.0879. The molecule has 0 unspecified atom stereocenters. The highest BCUT2D eigenvalue weighted by molar-refractivity contribution is 5.99. The Kier molecular flexibility index (Phi) is 4.48. The van der Waals surface area contributed by atoms with E-state index in [1.54, 1.807) is 0 Å². The molecule has 0 spiro atoms. The van der Waals surface area contributed by atoms with Crippen molar-refractivity contribution in [2.24, 2.45) is 0 Å². The molecular weight excluding hydrogens is 224 g/mol. The van der Waals surface area contributed by atoms with Crippen molar-refractivity contribution >= 4 is 16.6 Å². The molecule has 2 heteroatoms. The summed E-state index contributed by atoms with van der Waals surface area (Å²) in [5, 5.41) is 2.27. The number of carbonyl (C=O) groups excluding carboxylic acids is 1. The van der Waals surface area contributed by atoms with E-state index in [4.69, 9.17) is 4.74 Å². The maximum Gasteiger partial charge on any atom is 0.165 e. The van der Waals surface area contributed by atoms with E-state index in [0.717, 1.165) is 29.4 Å². The SMILES string of the molecule is CCCOCCC(=O)c1ccc2ccccc2c1. The summed E-state index contributed by atoms with van der Waals surface area (Å²) in [5.41, 5.74) is 0.772. The number of carbonyl (C=O) groups is 1. The van der Waals surface area contributed by atoms with E-state index < -0.39 is 0 Å². The van der Waals surface area contributed by atoms with Gasteiger partial charge < -0.3 is 4.74 Å². The second kappa shape index (κ2) is 6.31. The summed E-state index contributed by atoms with van der Waals surface area (Å²) in [5.74, 6) is 0.150. The van der Waals surface area contributed by atoms with Crippen LogP contribution in [0.1, 0.15) is 30.1 Å². The maximum absolute atomic E-state index is 12.0. The van der Waals surface area contributed by atoms with Crippen LogP contribution in [0.15, 0.2) is 42.5 Å². The molecule has 0 aliphatic heterocycles. The average Bonchev–Trinajstić information content (AvgIpc) is 2.43. The molecule has 0 heterocycles. The third-order valence-corrected chi connectivity index (χ3v) is 2.89. The van der Waals surface area contributed by atoms with Crippen molar-refractivity contribution in [3.8, 4) is 0 Å². The largest absolute Gasteiger partial charge is 0.381 e. The summed E-state index contributed by atoms with van der Waals surface area (Å²) in [6, 6.07) is 13.9. The summed E-state index contributed by atoms with van der Waals surface area (Å²) in [7, 11) is 0. The molecule has 2 nitrogen and oxygen atoms in total. The summed E-state index contributed by atoms with van der Waals surface area (Å²) >= 11 is 0. The standard InChI is InChI=1S/C16H18O2/c1-2-10-18-11-9-16(17)15-8-7-13-5-3-4-6-14(13)12-15/h3-8,12H,2,9-11H2,1H3. The average molecular weight is 242 g/mol. The molecule has 0 saturated heterocycles. The van der Waals surface area contributed by atoms with E-state index in [0.29, 0.717) is 13.0 Å². The molecule has 0 saturated carbocycles. The van der Waals surface area contributed by atoms with Gasteiger partial charge in [0.1, 0.15) is 0 Å². The van der Waals surface area contributed by atoms with Gasteiger partial charge in [0, 0.05) is 18.6 Å². The van der Waals surface area contributed by atoms with E-state index >= 15 is 0 Å². The number of benzene rings is 2. The summed E-state index contributed by atoms with van der Waals surface area (Å²) in [4.78, 5) is 12.0. The van der Waals surface area contributed by atoms with Crippen LogP contribution in [0.25, 0.3) is 10.8 Å². The van der Waals surface area contributed by atoms with Gasteiger partial charge in [0.05, 0.1) is 6.61 Å².